The third-order valence-electron chi connectivity index (χ3n) is 7.45. The van der Waals surface area contributed by atoms with E-state index in [2.05, 4.69) is 26.9 Å². The van der Waals surface area contributed by atoms with Crippen LogP contribution in [-0.4, -0.2) is 65.0 Å². The maximum absolute atomic E-state index is 14.4. The van der Waals surface area contributed by atoms with Gasteiger partial charge < -0.3 is 14.5 Å². The highest BCUT2D eigenvalue weighted by Gasteiger charge is 2.43. The number of benzene rings is 1. The van der Waals surface area contributed by atoms with Crippen LogP contribution in [0.5, 0.6) is 5.75 Å². The molecular formula is C28H29F4N5O2. The summed E-state index contributed by atoms with van der Waals surface area (Å²) < 4.78 is 58.8. The first-order valence-corrected chi connectivity index (χ1v) is 12.9. The second-order valence-electron chi connectivity index (χ2n) is 10.3. The van der Waals surface area contributed by atoms with Crippen LogP contribution in [0.15, 0.2) is 42.9 Å². The molecule has 7 nitrogen and oxygen atoms in total. The number of fused-ring (bicyclic) bond motifs is 1. The molecule has 0 N–H and O–H groups in total. The van der Waals surface area contributed by atoms with E-state index in [9.17, 15) is 22.4 Å². The molecule has 2 aromatic heterocycles. The van der Waals surface area contributed by atoms with Crippen molar-refractivity contribution in [2.24, 2.45) is 0 Å². The quantitative estimate of drug-likeness (QED) is 0.332. The van der Waals surface area contributed by atoms with Crippen LogP contribution in [0.2, 0.25) is 0 Å². The van der Waals surface area contributed by atoms with Crippen molar-refractivity contribution in [2.45, 2.75) is 43.9 Å². The molecule has 2 saturated heterocycles. The van der Waals surface area contributed by atoms with Crippen molar-refractivity contribution >= 4 is 12.1 Å². The molecule has 11 heteroatoms. The number of ether oxygens (including phenoxy) is 1. The SMILES string of the molecule is CN1CCCC1.O=Cc1ccc(-c2cc3c(cn2)OC2(CCN(c4cnc(C(F)(F)F)cn4)CC2)C3)c(F)c1. The Bertz CT molecular complexity index is 1320. The number of hydrogen-bond acceptors (Lipinski definition) is 7. The van der Waals surface area contributed by atoms with E-state index in [-0.39, 0.29) is 5.56 Å². The summed E-state index contributed by atoms with van der Waals surface area (Å²) in [5.74, 6) is 0.518. The summed E-state index contributed by atoms with van der Waals surface area (Å²) in [5.41, 5.74) is 0.473. The summed E-state index contributed by atoms with van der Waals surface area (Å²) in [6.07, 6.45) is 4.27. The van der Waals surface area contributed by atoms with Crippen molar-refractivity contribution in [1.29, 1.82) is 0 Å². The van der Waals surface area contributed by atoms with Crippen molar-refractivity contribution in [3.05, 3.63) is 65.5 Å². The predicted octanol–water partition coefficient (Wildman–Crippen LogP) is 5.20. The molecule has 0 bridgehead atoms. The Morgan fingerprint density at radius 2 is 1.72 bits per heavy atom. The Balaban J connectivity index is 0.000000455. The number of carbonyl (C=O) groups excluding carboxylic acids is 1. The highest BCUT2D eigenvalue weighted by Crippen LogP contribution is 2.42. The molecule has 2 fully saturated rings. The van der Waals surface area contributed by atoms with Crippen LogP contribution in [0.1, 0.15) is 47.3 Å². The van der Waals surface area contributed by atoms with Crippen LogP contribution in [0.25, 0.3) is 11.3 Å². The largest absolute Gasteiger partial charge is 0.485 e. The summed E-state index contributed by atoms with van der Waals surface area (Å²) in [6, 6.07) is 6.05. The van der Waals surface area contributed by atoms with Gasteiger partial charge in [0.05, 0.1) is 24.3 Å². The zero-order chi connectivity index (χ0) is 27.6. The average Bonchev–Trinajstić information content (AvgIpc) is 3.54. The molecule has 0 aliphatic carbocycles. The normalized spacial score (nSPS) is 18.3. The number of hydrogen-bond donors (Lipinski definition) is 0. The maximum atomic E-state index is 14.4. The van der Waals surface area contributed by atoms with Gasteiger partial charge in [-0.2, -0.15) is 13.2 Å². The number of nitrogens with zero attached hydrogens (tertiary/aromatic N) is 5. The Hall–Kier alpha value is -3.60. The zero-order valence-electron chi connectivity index (χ0n) is 21.5. The van der Waals surface area contributed by atoms with Crippen LogP contribution in [0, 0.1) is 5.82 Å². The molecule has 6 rings (SSSR count). The van der Waals surface area contributed by atoms with E-state index in [4.69, 9.17) is 4.74 Å². The molecule has 0 amide bonds. The van der Waals surface area contributed by atoms with Crippen LogP contribution in [-0.2, 0) is 12.6 Å². The summed E-state index contributed by atoms with van der Waals surface area (Å²) in [4.78, 5) is 26.8. The lowest BCUT2D eigenvalue weighted by Gasteiger charge is -2.39. The summed E-state index contributed by atoms with van der Waals surface area (Å²) in [6.45, 7) is 3.74. The third kappa shape index (κ3) is 6.03. The highest BCUT2D eigenvalue weighted by atomic mass is 19.4. The first-order chi connectivity index (χ1) is 18.7. The third-order valence-corrected chi connectivity index (χ3v) is 7.45. The van der Waals surface area contributed by atoms with Crippen molar-refractivity contribution in [3.63, 3.8) is 0 Å². The van der Waals surface area contributed by atoms with E-state index in [1.165, 1.54) is 44.1 Å². The van der Waals surface area contributed by atoms with Gasteiger partial charge in [0.1, 0.15) is 29.3 Å². The van der Waals surface area contributed by atoms with Crippen molar-refractivity contribution < 1.29 is 27.1 Å². The molecule has 1 spiro atoms. The number of alkyl halides is 3. The standard InChI is InChI=1S/C23H18F4N4O2.C5H11N/c24-17-7-14(13-32)1-2-16(17)18-8-15-9-22(33-19(15)10-28-18)3-5-31(6-4-22)21-12-29-20(11-30-21)23(25,26)27;1-6-4-2-3-5-6/h1-2,7-8,10-13H,3-6,9H2;2-5H2,1H3. The van der Waals surface area contributed by atoms with E-state index in [0.29, 0.717) is 61.5 Å². The number of aromatic nitrogens is 3. The summed E-state index contributed by atoms with van der Waals surface area (Å²) in [7, 11) is 2.17. The second kappa shape index (κ2) is 10.9. The fourth-order valence-electron chi connectivity index (χ4n) is 5.22. The number of halogens is 4. The molecule has 0 saturated carbocycles. The van der Waals surface area contributed by atoms with E-state index >= 15 is 0 Å². The first-order valence-electron chi connectivity index (χ1n) is 12.9. The van der Waals surface area contributed by atoms with Gasteiger partial charge in [-0.15, -0.1) is 0 Å². The number of rotatable bonds is 3. The molecule has 206 valence electrons. The molecule has 39 heavy (non-hydrogen) atoms. The fraction of sp³-hybridized carbons (Fsp3) is 0.429. The van der Waals surface area contributed by atoms with Crippen molar-refractivity contribution in [1.82, 2.24) is 19.9 Å². The van der Waals surface area contributed by atoms with Gasteiger partial charge >= 0.3 is 6.18 Å². The smallest absolute Gasteiger partial charge is 0.434 e. The number of carbonyl (C=O) groups is 1. The van der Waals surface area contributed by atoms with E-state index in [1.807, 2.05) is 4.90 Å². The molecular weight excluding hydrogens is 514 g/mol. The second-order valence-corrected chi connectivity index (χ2v) is 10.3. The summed E-state index contributed by atoms with van der Waals surface area (Å²) in [5, 5.41) is 0. The molecule has 1 aromatic carbocycles. The van der Waals surface area contributed by atoms with Gasteiger partial charge in [0.15, 0.2) is 5.69 Å². The lowest BCUT2D eigenvalue weighted by Crippen LogP contribution is -2.47. The lowest BCUT2D eigenvalue weighted by atomic mass is 9.87. The molecule has 3 aliphatic heterocycles. The minimum absolute atomic E-state index is 0.254. The monoisotopic (exact) mass is 543 g/mol. The van der Waals surface area contributed by atoms with E-state index in [1.54, 1.807) is 12.3 Å². The fourth-order valence-corrected chi connectivity index (χ4v) is 5.22. The van der Waals surface area contributed by atoms with Crippen LogP contribution in [0.4, 0.5) is 23.4 Å². The minimum Gasteiger partial charge on any atom is -0.485 e. The Morgan fingerprint density at radius 3 is 2.28 bits per heavy atom. The highest BCUT2D eigenvalue weighted by molar-refractivity contribution is 5.76. The molecule has 5 heterocycles. The van der Waals surface area contributed by atoms with Gasteiger partial charge in [0, 0.05) is 49.0 Å². The average molecular weight is 544 g/mol. The lowest BCUT2D eigenvalue weighted by molar-refractivity contribution is -0.141. The first kappa shape index (κ1) is 27.0. The van der Waals surface area contributed by atoms with Gasteiger partial charge in [-0.1, -0.05) is 6.07 Å². The van der Waals surface area contributed by atoms with Gasteiger partial charge in [-0.05, 0) is 51.2 Å². The van der Waals surface area contributed by atoms with Gasteiger partial charge in [0.2, 0.25) is 0 Å². The molecule has 3 aliphatic rings. The number of likely N-dealkylation sites (tertiary alicyclic amines) is 1. The van der Waals surface area contributed by atoms with Crippen molar-refractivity contribution in [3.8, 4) is 17.0 Å². The summed E-state index contributed by atoms with van der Waals surface area (Å²) >= 11 is 0. The topological polar surface area (TPSA) is 71.5 Å². The number of pyridine rings is 1. The molecule has 0 atom stereocenters. The van der Waals surface area contributed by atoms with Crippen LogP contribution < -0.4 is 9.64 Å². The van der Waals surface area contributed by atoms with Crippen LogP contribution in [0.3, 0.4) is 0 Å². The zero-order valence-corrected chi connectivity index (χ0v) is 21.5. The van der Waals surface area contributed by atoms with Gasteiger partial charge in [-0.3, -0.25) is 9.78 Å². The molecule has 3 aromatic rings. The molecule has 0 unspecified atom stereocenters. The maximum Gasteiger partial charge on any atom is 0.434 e. The van der Waals surface area contributed by atoms with E-state index in [0.717, 1.165) is 18.0 Å². The van der Waals surface area contributed by atoms with Gasteiger partial charge in [-0.25, -0.2) is 14.4 Å². The number of anilines is 1. The predicted molar refractivity (Wildman–Crippen MR) is 137 cm³/mol. The Kier molecular flexibility index (Phi) is 7.53. The van der Waals surface area contributed by atoms with E-state index < -0.39 is 23.3 Å². The minimum atomic E-state index is -4.52. The number of aldehydes is 1. The van der Waals surface area contributed by atoms with Crippen molar-refractivity contribution in [2.75, 3.05) is 38.1 Å². The number of piperidine rings is 1. The Morgan fingerprint density at radius 1 is 0.974 bits per heavy atom. The molecule has 0 radical (unpaired) electrons. The Labute approximate surface area is 223 Å². The van der Waals surface area contributed by atoms with Gasteiger partial charge in [0.25, 0.3) is 0 Å². The van der Waals surface area contributed by atoms with Crippen LogP contribution >= 0.6 is 0 Å².